The highest BCUT2D eigenvalue weighted by molar-refractivity contribution is 8.00. The molecule has 9 heteroatoms. The normalized spacial score (nSPS) is 12.3. The van der Waals surface area contributed by atoms with Crippen LogP contribution in [0.5, 0.6) is 11.5 Å². The van der Waals surface area contributed by atoms with Crippen molar-refractivity contribution < 1.29 is 14.3 Å². The molecule has 1 aliphatic rings. The summed E-state index contributed by atoms with van der Waals surface area (Å²) in [4.78, 5) is 22.3. The smallest absolute Gasteiger partial charge is 0.234 e. The van der Waals surface area contributed by atoms with Crippen molar-refractivity contribution in [3.63, 3.8) is 0 Å². The lowest BCUT2D eigenvalue weighted by molar-refractivity contribution is -0.113. The first kappa shape index (κ1) is 19.2. The van der Waals surface area contributed by atoms with Gasteiger partial charge in [0, 0.05) is 23.1 Å². The highest BCUT2D eigenvalue weighted by atomic mass is 35.5. The molecule has 150 valence electrons. The van der Waals surface area contributed by atoms with Crippen molar-refractivity contribution in [3.8, 4) is 22.6 Å². The number of rotatable bonds is 5. The molecule has 1 aliphatic heterocycles. The van der Waals surface area contributed by atoms with Gasteiger partial charge in [0.15, 0.2) is 11.5 Å². The molecular weight excluding hydrogens is 442 g/mol. The number of amides is 1. The summed E-state index contributed by atoms with van der Waals surface area (Å²) in [5, 5.41) is 7.04. The van der Waals surface area contributed by atoms with Gasteiger partial charge in [-0.05, 0) is 5.56 Å². The average molecular weight is 456 g/mol. The minimum absolute atomic E-state index is 0.146. The lowest BCUT2D eigenvalue weighted by Crippen LogP contribution is -2.14. The molecule has 6 nitrogen and oxygen atoms in total. The number of halogens is 1. The molecule has 0 spiro atoms. The van der Waals surface area contributed by atoms with Crippen molar-refractivity contribution in [1.29, 1.82) is 0 Å². The second-order valence-electron chi connectivity index (χ2n) is 6.40. The maximum absolute atomic E-state index is 12.6. The summed E-state index contributed by atoms with van der Waals surface area (Å²) in [7, 11) is 0. The topological polar surface area (TPSA) is 73.3 Å². The third-order valence-electron chi connectivity index (χ3n) is 4.50. The van der Waals surface area contributed by atoms with Crippen LogP contribution in [0.1, 0.15) is 0 Å². The molecule has 5 rings (SSSR count). The molecule has 0 saturated heterocycles. The van der Waals surface area contributed by atoms with E-state index in [0.29, 0.717) is 22.2 Å². The Labute approximate surface area is 185 Å². The third kappa shape index (κ3) is 3.69. The van der Waals surface area contributed by atoms with Crippen LogP contribution in [0, 0.1) is 0 Å². The Hall–Kier alpha value is -2.81. The zero-order chi connectivity index (χ0) is 20.5. The van der Waals surface area contributed by atoms with Crippen LogP contribution in [0.25, 0.3) is 21.3 Å². The zero-order valence-electron chi connectivity index (χ0n) is 15.4. The molecule has 4 aromatic rings. The van der Waals surface area contributed by atoms with Gasteiger partial charge in [-0.3, -0.25) is 4.79 Å². The molecule has 30 heavy (non-hydrogen) atoms. The summed E-state index contributed by atoms with van der Waals surface area (Å²) in [6, 6.07) is 13.4. The zero-order valence-corrected chi connectivity index (χ0v) is 17.8. The van der Waals surface area contributed by atoms with Gasteiger partial charge in [0.2, 0.25) is 12.7 Å². The van der Waals surface area contributed by atoms with E-state index in [0.717, 1.165) is 26.4 Å². The lowest BCUT2D eigenvalue weighted by Gasteiger charge is -2.09. The molecule has 3 heterocycles. The van der Waals surface area contributed by atoms with Gasteiger partial charge >= 0.3 is 0 Å². The minimum Gasteiger partial charge on any atom is -0.454 e. The molecule has 0 atom stereocenters. The maximum Gasteiger partial charge on any atom is 0.234 e. The van der Waals surface area contributed by atoms with Crippen LogP contribution in [0.2, 0.25) is 5.02 Å². The van der Waals surface area contributed by atoms with Crippen molar-refractivity contribution in [2.75, 3.05) is 17.9 Å². The van der Waals surface area contributed by atoms with Gasteiger partial charge in [-0.1, -0.05) is 53.7 Å². The number of thioether (sulfide) groups is 1. The van der Waals surface area contributed by atoms with Crippen molar-refractivity contribution in [1.82, 2.24) is 9.97 Å². The molecule has 0 fully saturated rings. The van der Waals surface area contributed by atoms with E-state index in [1.807, 2.05) is 18.2 Å². The van der Waals surface area contributed by atoms with Gasteiger partial charge in [0.1, 0.15) is 16.2 Å². The Balaban J connectivity index is 1.35. The van der Waals surface area contributed by atoms with Crippen molar-refractivity contribution in [2.24, 2.45) is 0 Å². The van der Waals surface area contributed by atoms with Crippen molar-refractivity contribution >= 4 is 56.5 Å². The standard InChI is InChI=1S/C21H14ClN3O3S2/c22-14-6-16-17(28-11-27-16)7-15(14)25-18(26)9-30-21-19-13(12-4-2-1-3-5-12)8-29-20(19)23-10-24-21/h1-8,10H,9,11H2,(H,25,26). The number of anilines is 1. The fourth-order valence-electron chi connectivity index (χ4n) is 3.12. The molecule has 0 saturated carbocycles. The number of carbonyl (C=O) groups is 1. The van der Waals surface area contributed by atoms with E-state index in [-0.39, 0.29) is 18.5 Å². The van der Waals surface area contributed by atoms with Crippen LogP contribution in [-0.4, -0.2) is 28.4 Å². The van der Waals surface area contributed by atoms with Gasteiger partial charge in [0.05, 0.1) is 21.8 Å². The Morgan fingerprint density at radius 3 is 2.80 bits per heavy atom. The number of benzene rings is 2. The molecule has 0 bridgehead atoms. The predicted molar refractivity (Wildman–Crippen MR) is 120 cm³/mol. The number of hydrogen-bond acceptors (Lipinski definition) is 7. The number of ether oxygens (including phenoxy) is 2. The summed E-state index contributed by atoms with van der Waals surface area (Å²) in [5.41, 5.74) is 2.65. The maximum atomic E-state index is 12.6. The van der Waals surface area contributed by atoms with Gasteiger partial charge in [-0.25, -0.2) is 9.97 Å². The third-order valence-corrected chi connectivity index (χ3v) is 6.69. The highest BCUT2D eigenvalue weighted by Crippen LogP contribution is 2.40. The number of nitrogens with zero attached hydrogens (tertiary/aromatic N) is 2. The fraction of sp³-hybridized carbons (Fsp3) is 0.0952. The molecule has 0 unspecified atom stereocenters. The molecule has 1 N–H and O–H groups in total. The van der Waals surface area contributed by atoms with Crippen LogP contribution in [0.15, 0.2) is 59.2 Å². The predicted octanol–water partition coefficient (Wildman–Crippen LogP) is 5.47. The summed E-state index contributed by atoms with van der Waals surface area (Å²) in [6.45, 7) is 0.146. The van der Waals surface area contributed by atoms with Gasteiger partial charge in [-0.15, -0.1) is 11.3 Å². The van der Waals surface area contributed by atoms with E-state index in [4.69, 9.17) is 21.1 Å². The summed E-state index contributed by atoms with van der Waals surface area (Å²) < 4.78 is 10.6. The first-order valence-corrected chi connectivity index (χ1v) is 11.2. The summed E-state index contributed by atoms with van der Waals surface area (Å²) in [5.74, 6) is 1.12. The second-order valence-corrected chi connectivity index (χ2v) is 8.63. The van der Waals surface area contributed by atoms with Gasteiger partial charge < -0.3 is 14.8 Å². The SMILES string of the molecule is O=C(CSc1ncnc2scc(-c3ccccc3)c12)Nc1cc2c(cc1Cl)OCO2. The highest BCUT2D eigenvalue weighted by Gasteiger charge is 2.19. The molecule has 0 radical (unpaired) electrons. The number of carbonyl (C=O) groups excluding carboxylic acids is 1. The molecule has 2 aromatic heterocycles. The van der Waals surface area contributed by atoms with Crippen molar-refractivity contribution in [2.45, 2.75) is 5.03 Å². The number of hydrogen-bond donors (Lipinski definition) is 1. The Bertz CT molecular complexity index is 1250. The molecule has 1 amide bonds. The number of nitrogens with one attached hydrogen (secondary N) is 1. The van der Waals surface area contributed by atoms with E-state index in [2.05, 4.69) is 32.8 Å². The van der Waals surface area contributed by atoms with Crippen LogP contribution in [0.4, 0.5) is 5.69 Å². The lowest BCUT2D eigenvalue weighted by atomic mass is 10.1. The fourth-order valence-corrected chi connectivity index (χ4v) is 5.11. The van der Waals surface area contributed by atoms with Gasteiger partial charge in [0.25, 0.3) is 0 Å². The Morgan fingerprint density at radius 1 is 1.17 bits per heavy atom. The molecule has 0 aliphatic carbocycles. The van der Waals surface area contributed by atoms with E-state index < -0.39 is 0 Å². The first-order valence-electron chi connectivity index (χ1n) is 8.98. The van der Waals surface area contributed by atoms with Crippen LogP contribution < -0.4 is 14.8 Å². The number of fused-ring (bicyclic) bond motifs is 2. The average Bonchev–Trinajstić information content (AvgIpc) is 3.40. The minimum atomic E-state index is -0.191. The van der Waals surface area contributed by atoms with Crippen molar-refractivity contribution in [3.05, 3.63) is 59.2 Å². The number of aromatic nitrogens is 2. The van der Waals surface area contributed by atoms with Gasteiger partial charge in [-0.2, -0.15) is 0 Å². The van der Waals surface area contributed by atoms with E-state index >= 15 is 0 Å². The Morgan fingerprint density at radius 2 is 1.97 bits per heavy atom. The largest absolute Gasteiger partial charge is 0.454 e. The van der Waals surface area contributed by atoms with Crippen LogP contribution in [0.3, 0.4) is 0 Å². The Kier molecular flexibility index (Phi) is 5.20. The summed E-state index contributed by atoms with van der Waals surface area (Å²) in [6.07, 6.45) is 1.53. The van der Waals surface area contributed by atoms with E-state index in [1.165, 1.54) is 18.1 Å². The monoisotopic (exact) mass is 455 g/mol. The van der Waals surface area contributed by atoms with Crippen LogP contribution in [-0.2, 0) is 4.79 Å². The van der Waals surface area contributed by atoms with E-state index in [9.17, 15) is 4.79 Å². The molecule has 2 aromatic carbocycles. The second kappa shape index (κ2) is 8.14. The first-order chi connectivity index (χ1) is 14.7. The summed E-state index contributed by atoms with van der Waals surface area (Å²) >= 11 is 9.18. The quantitative estimate of drug-likeness (QED) is 0.317. The van der Waals surface area contributed by atoms with Crippen LogP contribution >= 0.6 is 34.7 Å². The molecular formula is C21H14ClN3O3S2. The van der Waals surface area contributed by atoms with E-state index in [1.54, 1.807) is 23.5 Å². The number of thiophene rings is 1.